The van der Waals surface area contributed by atoms with Gasteiger partial charge in [-0.1, -0.05) is 31.0 Å². The van der Waals surface area contributed by atoms with Gasteiger partial charge in [-0.05, 0) is 38.0 Å². The van der Waals surface area contributed by atoms with Gasteiger partial charge in [0.05, 0.1) is 6.54 Å². The molecule has 0 aliphatic rings. The van der Waals surface area contributed by atoms with Gasteiger partial charge < -0.3 is 10.4 Å². The third kappa shape index (κ3) is 5.02. The van der Waals surface area contributed by atoms with Gasteiger partial charge in [-0.25, -0.2) is 0 Å². The third-order valence-electron chi connectivity index (χ3n) is 3.32. The standard InChI is InChI=1S/C15H21ClN2O3/c1-4-7-15(3,14(20)21)17-9-13(19)18-11-6-5-10(2)12(16)8-11/h5-6,8,17H,4,7,9H2,1-3H3,(H,18,19)(H,20,21). The van der Waals surface area contributed by atoms with Crippen LogP contribution in [-0.4, -0.2) is 29.1 Å². The lowest BCUT2D eigenvalue weighted by atomic mass is 9.96. The first-order valence-corrected chi connectivity index (χ1v) is 7.20. The molecule has 21 heavy (non-hydrogen) atoms. The van der Waals surface area contributed by atoms with Crippen molar-refractivity contribution in [1.82, 2.24) is 5.32 Å². The minimum absolute atomic E-state index is 0.0751. The molecule has 3 N–H and O–H groups in total. The van der Waals surface area contributed by atoms with Crippen molar-refractivity contribution in [1.29, 1.82) is 0 Å². The van der Waals surface area contributed by atoms with Crippen molar-refractivity contribution in [2.24, 2.45) is 0 Å². The zero-order valence-corrected chi connectivity index (χ0v) is 13.3. The summed E-state index contributed by atoms with van der Waals surface area (Å²) in [5, 5.41) is 15.3. The first-order chi connectivity index (χ1) is 9.78. The Kier molecular flexibility index (Phi) is 6.18. The number of hydrogen-bond acceptors (Lipinski definition) is 3. The van der Waals surface area contributed by atoms with Crippen molar-refractivity contribution in [3.8, 4) is 0 Å². The van der Waals surface area contributed by atoms with E-state index in [2.05, 4.69) is 10.6 Å². The fraction of sp³-hybridized carbons (Fsp3) is 0.467. The minimum Gasteiger partial charge on any atom is -0.480 e. The second-order valence-corrected chi connectivity index (χ2v) is 5.66. The van der Waals surface area contributed by atoms with E-state index in [1.807, 2.05) is 19.9 Å². The summed E-state index contributed by atoms with van der Waals surface area (Å²) in [6, 6.07) is 5.22. The van der Waals surface area contributed by atoms with Crippen LogP contribution in [0.4, 0.5) is 5.69 Å². The minimum atomic E-state index is -1.10. The van der Waals surface area contributed by atoms with Crippen LogP contribution in [-0.2, 0) is 9.59 Å². The molecule has 6 heteroatoms. The van der Waals surface area contributed by atoms with Crippen molar-refractivity contribution in [2.75, 3.05) is 11.9 Å². The van der Waals surface area contributed by atoms with Gasteiger partial charge in [-0.2, -0.15) is 0 Å². The van der Waals surface area contributed by atoms with E-state index in [-0.39, 0.29) is 12.5 Å². The van der Waals surface area contributed by atoms with E-state index in [1.54, 1.807) is 19.1 Å². The van der Waals surface area contributed by atoms with E-state index in [0.717, 1.165) is 5.56 Å². The smallest absolute Gasteiger partial charge is 0.323 e. The zero-order valence-electron chi connectivity index (χ0n) is 12.5. The topological polar surface area (TPSA) is 78.4 Å². The highest BCUT2D eigenvalue weighted by molar-refractivity contribution is 6.31. The molecule has 0 bridgehead atoms. The normalized spacial score (nSPS) is 13.5. The van der Waals surface area contributed by atoms with E-state index in [4.69, 9.17) is 11.6 Å². The van der Waals surface area contributed by atoms with E-state index < -0.39 is 11.5 Å². The van der Waals surface area contributed by atoms with Crippen LogP contribution in [0.5, 0.6) is 0 Å². The molecule has 1 atom stereocenters. The Morgan fingerprint density at radius 3 is 2.57 bits per heavy atom. The number of carbonyl (C=O) groups is 2. The molecule has 1 aromatic rings. The molecule has 0 aromatic heterocycles. The predicted molar refractivity (Wildman–Crippen MR) is 83.8 cm³/mol. The van der Waals surface area contributed by atoms with Crippen LogP contribution in [0.1, 0.15) is 32.3 Å². The molecule has 0 spiro atoms. The molecular weight excluding hydrogens is 292 g/mol. The van der Waals surface area contributed by atoms with E-state index in [1.165, 1.54) is 0 Å². The second kappa shape index (κ2) is 7.43. The predicted octanol–water partition coefficient (Wildman–Crippen LogP) is 2.82. The van der Waals surface area contributed by atoms with E-state index in [9.17, 15) is 14.7 Å². The number of halogens is 1. The third-order valence-corrected chi connectivity index (χ3v) is 3.72. The van der Waals surface area contributed by atoms with Crippen LogP contribution < -0.4 is 10.6 Å². The summed E-state index contributed by atoms with van der Waals surface area (Å²) in [5.41, 5.74) is 0.413. The quantitative estimate of drug-likeness (QED) is 0.723. The number of anilines is 1. The number of benzene rings is 1. The SMILES string of the molecule is CCCC(C)(NCC(=O)Nc1ccc(C)c(Cl)c1)C(=O)O. The molecule has 116 valence electrons. The van der Waals surface area contributed by atoms with Crippen LogP contribution >= 0.6 is 11.6 Å². The Labute approximate surface area is 129 Å². The van der Waals surface area contributed by atoms with Crippen LogP contribution in [0.15, 0.2) is 18.2 Å². The summed E-state index contributed by atoms with van der Waals surface area (Å²) in [6.07, 6.45) is 1.16. The number of amides is 1. The highest BCUT2D eigenvalue weighted by Crippen LogP contribution is 2.20. The molecule has 0 heterocycles. The Bertz CT molecular complexity index is 534. The zero-order chi connectivity index (χ0) is 16.0. The van der Waals surface area contributed by atoms with Gasteiger partial charge in [-0.3, -0.25) is 14.9 Å². The van der Waals surface area contributed by atoms with Gasteiger partial charge in [0.15, 0.2) is 0 Å². The summed E-state index contributed by atoms with van der Waals surface area (Å²) in [7, 11) is 0. The van der Waals surface area contributed by atoms with Crippen molar-refractivity contribution < 1.29 is 14.7 Å². The van der Waals surface area contributed by atoms with Gasteiger partial charge in [0.2, 0.25) is 5.91 Å². The molecule has 1 rings (SSSR count). The summed E-state index contributed by atoms with van der Waals surface area (Å²) >= 11 is 5.99. The lowest BCUT2D eigenvalue weighted by Gasteiger charge is -2.25. The number of rotatable bonds is 7. The highest BCUT2D eigenvalue weighted by Gasteiger charge is 2.31. The molecule has 0 saturated heterocycles. The number of carbonyl (C=O) groups excluding carboxylic acids is 1. The van der Waals surface area contributed by atoms with Crippen LogP contribution in [0.2, 0.25) is 5.02 Å². The van der Waals surface area contributed by atoms with Crippen molar-refractivity contribution in [3.63, 3.8) is 0 Å². The van der Waals surface area contributed by atoms with Crippen molar-refractivity contribution in [3.05, 3.63) is 28.8 Å². The molecule has 1 aromatic carbocycles. The average molecular weight is 313 g/mol. The Balaban J connectivity index is 2.61. The molecular formula is C15H21ClN2O3. The maximum Gasteiger partial charge on any atom is 0.323 e. The van der Waals surface area contributed by atoms with Gasteiger partial charge in [-0.15, -0.1) is 0 Å². The lowest BCUT2D eigenvalue weighted by molar-refractivity contribution is -0.144. The van der Waals surface area contributed by atoms with Gasteiger partial charge in [0, 0.05) is 10.7 Å². The largest absolute Gasteiger partial charge is 0.480 e. The van der Waals surface area contributed by atoms with E-state index >= 15 is 0 Å². The van der Waals surface area contributed by atoms with E-state index in [0.29, 0.717) is 23.6 Å². The van der Waals surface area contributed by atoms with Crippen molar-refractivity contribution >= 4 is 29.2 Å². The summed E-state index contributed by atoms with van der Waals surface area (Å²) in [6.45, 7) is 5.28. The Hall–Kier alpha value is -1.59. The van der Waals surface area contributed by atoms with Crippen LogP contribution in [0, 0.1) is 6.92 Å². The number of aliphatic carboxylic acids is 1. The fourth-order valence-electron chi connectivity index (χ4n) is 1.92. The molecule has 5 nitrogen and oxygen atoms in total. The maximum absolute atomic E-state index is 11.9. The van der Waals surface area contributed by atoms with Gasteiger partial charge >= 0.3 is 5.97 Å². The Morgan fingerprint density at radius 2 is 2.05 bits per heavy atom. The number of carboxylic acids is 1. The fourth-order valence-corrected chi connectivity index (χ4v) is 2.10. The summed E-state index contributed by atoms with van der Waals surface area (Å²) in [5.74, 6) is -1.27. The van der Waals surface area contributed by atoms with Gasteiger partial charge in [0.25, 0.3) is 0 Å². The summed E-state index contributed by atoms with van der Waals surface area (Å²) in [4.78, 5) is 23.1. The number of aryl methyl sites for hydroxylation is 1. The molecule has 0 fully saturated rings. The Morgan fingerprint density at radius 1 is 1.38 bits per heavy atom. The highest BCUT2D eigenvalue weighted by atomic mass is 35.5. The first kappa shape index (κ1) is 17.5. The molecule has 0 radical (unpaired) electrons. The maximum atomic E-state index is 11.9. The molecule has 0 aliphatic carbocycles. The molecule has 0 saturated carbocycles. The monoisotopic (exact) mass is 312 g/mol. The first-order valence-electron chi connectivity index (χ1n) is 6.83. The van der Waals surface area contributed by atoms with Crippen LogP contribution in [0.3, 0.4) is 0 Å². The van der Waals surface area contributed by atoms with Crippen LogP contribution in [0.25, 0.3) is 0 Å². The average Bonchev–Trinajstić information content (AvgIpc) is 2.41. The molecule has 1 unspecified atom stereocenters. The van der Waals surface area contributed by atoms with Crippen molar-refractivity contribution in [2.45, 2.75) is 39.2 Å². The molecule has 1 amide bonds. The molecule has 0 aliphatic heterocycles. The number of carboxylic acid groups (broad SMARTS) is 1. The number of nitrogens with one attached hydrogen (secondary N) is 2. The lowest BCUT2D eigenvalue weighted by Crippen LogP contribution is -2.51. The van der Waals surface area contributed by atoms with Gasteiger partial charge in [0.1, 0.15) is 5.54 Å². The number of hydrogen-bond donors (Lipinski definition) is 3. The summed E-state index contributed by atoms with van der Waals surface area (Å²) < 4.78 is 0. The second-order valence-electron chi connectivity index (χ2n) is 5.25.